The maximum absolute atomic E-state index is 5.06. The topological polar surface area (TPSA) is 35.6 Å². The van der Waals surface area contributed by atoms with E-state index in [0.717, 1.165) is 44.9 Å². The van der Waals surface area contributed by atoms with E-state index in [4.69, 9.17) is 9.97 Å². The Morgan fingerprint density at radius 2 is 0.697 bits per heavy atom. The second-order valence-electron chi connectivity index (χ2n) is 17.0. The van der Waals surface area contributed by atoms with Gasteiger partial charge in [0.15, 0.2) is 5.82 Å². The van der Waals surface area contributed by atoms with Crippen molar-refractivity contribution >= 4 is 54.4 Å². The Kier molecular flexibility index (Phi) is 8.81. The lowest BCUT2D eigenvalue weighted by Crippen LogP contribution is -1.96. The van der Waals surface area contributed by atoms with Crippen molar-refractivity contribution in [2.45, 2.75) is 0 Å². The molecule has 0 saturated carbocycles. The lowest BCUT2D eigenvalue weighted by Gasteiger charge is -2.12. The molecule has 0 unspecified atom stereocenters. The van der Waals surface area contributed by atoms with Gasteiger partial charge >= 0.3 is 0 Å². The molecule has 10 aromatic carbocycles. The average molecular weight is 841 g/mol. The summed E-state index contributed by atoms with van der Waals surface area (Å²) in [5.74, 6) is 0.705. The van der Waals surface area contributed by atoms with Gasteiger partial charge in [0.25, 0.3) is 0 Å². The van der Waals surface area contributed by atoms with Gasteiger partial charge in [-0.2, -0.15) is 0 Å². The Hall–Kier alpha value is -8.86. The fourth-order valence-corrected chi connectivity index (χ4v) is 9.95. The molecule has 13 rings (SSSR count). The number of aromatic nitrogens is 4. The molecular weight excluding hydrogens is 801 g/mol. The maximum Gasteiger partial charge on any atom is 0.160 e. The lowest BCUT2D eigenvalue weighted by molar-refractivity contribution is 1.18. The molecule has 66 heavy (non-hydrogen) atoms. The molecule has 3 heterocycles. The summed E-state index contributed by atoms with van der Waals surface area (Å²) in [5.41, 5.74) is 16.7. The van der Waals surface area contributed by atoms with E-state index in [-0.39, 0.29) is 0 Å². The lowest BCUT2D eigenvalue weighted by atomic mass is 10.0. The molecule has 0 aliphatic rings. The predicted molar refractivity (Wildman–Crippen MR) is 275 cm³/mol. The van der Waals surface area contributed by atoms with Crippen LogP contribution in [0.4, 0.5) is 0 Å². The first kappa shape index (κ1) is 37.7. The minimum absolute atomic E-state index is 0.705. The fraction of sp³-hybridized carbons (Fsp3) is 0. The Morgan fingerprint density at radius 1 is 0.258 bits per heavy atom. The molecule has 0 atom stereocenters. The van der Waals surface area contributed by atoms with Gasteiger partial charge in [-0.25, -0.2) is 9.97 Å². The highest BCUT2D eigenvalue weighted by atomic mass is 15.0. The number of nitrogens with zero attached hydrogens (tertiary/aromatic N) is 4. The largest absolute Gasteiger partial charge is 0.309 e. The van der Waals surface area contributed by atoms with Crippen LogP contribution in [-0.2, 0) is 0 Å². The zero-order chi connectivity index (χ0) is 43.6. The van der Waals surface area contributed by atoms with Gasteiger partial charge in [-0.1, -0.05) is 182 Å². The van der Waals surface area contributed by atoms with Crippen molar-refractivity contribution in [1.82, 2.24) is 19.1 Å². The normalized spacial score (nSPS) is 11.6. The van der Waals surface area contributed by atoms with Crippen molar-refractivity contribution in [3.63, 3.8) is 0 Å². The molecule has 0 saturated heterocycles. The minimum Gasteiger partial charge on any atom is -0.309 e. The number of hydrogen-bond acceptors (Lipinski definition) is 2. The second kappa shape index (κ2) is 15.4. The molecule has 13 aromatic rings. The van der Waals surface area contributed by atoms with E-state index in [2.05, 4.69) is 215 Å². The SMILES string of the molecule is c1ccc(-c2cc(-c3ccccc3)nc(-c3ccc(-c4ccc5c(c4)c4ccccc4n5-c4ccc(-c5ccc6c(c5)c5ccccc5n6-c5cccc6ccccc56)cc4)cc3)n2)cc1. The summed E-state index contributed by atoms with van der Waals surface area (Å²) >= 11 is 0. The van der Waals surface area contributed by atoms with Crippen LogP contribution >= 0.6 is 0 Å². The third kappa shape index (κ3) is 6.30. The summed E-state index contributed by atoms with van der Waals surface area (Å²) in [5, 5.41) is 7.42. The Morgan fingerprint density at radius 3 is 1.30 bits per heavy atom. The average Bonchev–Trinajstić information content (AvgIpc) is 3.91. The summed E-state index contributed by atoms with van der Waals surface area (Å²) in [6.07, 6.45) is 0. The predicted octanol–water partition coefficient (Wildman–Crippen LogP) is 16.2. The summed E-state index contributed by atoms with van der Waals surface area (Å²) in [6.45, 7) is 0. The molecule has 0 bridgehead atoms. The van der Waals surface area contributed by atoms with Gasteiger partial charge in [0.1, 0.15) is 0 Å². The van der Waals surface area contributed by atoms with Crippen molar-refractivity contribution in [2.75, 3.05) is 0 Å². The Bertz CT molecular complexity index is 3890. The van der Waals surface area contributed by atoms with Gasteiger partial charge in [-0.3, -0.25) is 0 Å². The molecule has 0 aliphatic carbocycles. The molecular formula is C62H40N4. The van der Waals surface area contributed by atoms with Crippen LogP contribution in [0, 0.1) is 0 Å². The first-order chi connectivity index (χ1) is 32.7. The highest BCUT2D eigenvalue weighted by Crippen LogP contribution is 2.39. The molecule has 4 nitrogen and oxygen atoms in total. The van der Waals surface area contributed by atoms with E-state index in [9.17, 15) is 0 Å². The van der Waals surface area contributed by atoms with Crippen LogP contribution < -0.4 is 0 Å². The van der Waals surface area contributed by atoms with Crippen LogP contribution in [-0.4, -0.2) is 19.1 Å². The molecule has 0 fully saturated rings. The molecule has 0 spiro atoms. The molecule has 308 valence electrons. The minimum atomic E-state index is 0.705. The van der Waals surface area contributed by atoms with Crippen LogP contribution in [0.5, 0.6) is 0 Å². The van der Waals surface area contributed by atoms with Gasteiger partial charge in [0.05, 0.1) is 39.1 Å². The molecule has 0 aliphatic heterocycles. The van der Waals surface area contributed by atoms with Crippen LogP contribution in [0.2, 0.25) is 0 Å². The zero-order valence-corrected chi connectivity index (χ0v) is 35.9. The highest BCUT2D eigenvalue weighted by molar-refractivity contribution is 6.12. The van der Waals surface area contributed by atoms with E-state index in [1.54, 1.807) is 0 Å². The number of rotatable bonds is 7. The number of fused-ring (bicyclic) bond motifs is 7. The summed E-state index contributed by atoms with van der Waals surface area (Å²) in [7, 11) is 0. The number of benzene rings is 10. The fourth-order valence-electron chi connectivity index (χ4n) is 9.95. The van der Waals surface area contributed by atoms with Crippen LogP contribution in [0.25, 0.3) is 122 Å². The van der Waals surface area contributed by atoms with Gasteiger partial charge < -0.3 is 9.13 Å². The van der Waals surface area contributed by atoms with E-state index in [1.807, 2.05) is 36.4 Å². The second-order valence-corrected chi connectivity index (χ2v) is 17.0. The van der Waals surface area contributed by atoms with Gasteiger partial charge in [-0.05, 0) is 88.3 Å². The van der Waals surface area contributed by atoms with Gasteiger partial charge in [0, 0.05) is 49.3 Å². The van der Waals surface area contributed by atoms with Gasteiger partial charge in [-0.15, -0.1) is 0 Å². The molecule has 0 amide bonds. The van der Waals surface area contributed by atoms with Crippen LogP contribution in [0.1, 0.15) is 0 Å². The number of para-hydroxylation sites is 2. The van der Waals surface area contributed by atoms with Crippen LogP contribution in [0.15, 0.2) is 243 Å². The molecule has 3 aromatic heterocycles. The van der Waals surface area contributed by atoms with Crippen molar-refractivity contribution in [2.24, 2.45) is 0 Å². The molecule has 0 N–H and O–H groups in total. The van der Waals surface area contributed by atoms with Crippen molar-refractivity contribution in [1.29, 1.82) is 0 Å². The van der Waals surface area contributed by atoms with E-state index >= 15 is 0 Å². The molecule has 0 radical (unpaired) electrons. The van der Waals surface area contributed by atoms with E-state index < -0.39 is 0 Å². The zero-order valence-electron chi connectivity index (χ0n) is 35.9. The number of hydrogen-bond donors (Lipinski definition) is 0. The monoisotopic (exact) mass is 840 g/mol. The van der Waals surface area contributed by atoms with E-state index in [1.165, 1.54) is 71.2 Å². The summed E-state index contributed by atoms with van der Waals surface area (Å²) in [4.78, 5) is 10.1. The Balaban J connectivity index is 0.845. The third-order valence-corrected chi connectivity index (χ3v) is 13.2. The summed E-state index contributed by atoms with van der Waals surface area (Å²) in [6, 6.07) is 86.9. The Labute approximate surface area is 382 Å². The third-order valence-electron chi connectivity index (χ3n) is 13.2. The first-order valence-corrected chi connectivity index (χ1v) is 22.5. The molecule has 4 heteroatoms. The van der Waals surface area contributed by atoms with Crippen molar-refractivity contribution < 1.29 is 0 Å². The van der Waals surface area contributed by atoms with E-state index in [0.29, 0.717) is 5.82 Å². The highest BCUT2D eigenvalue weighted by Gasteiger charge is 2.17. The van der Waals surface area contributed by atoms with Crippen molar-refractivity contribution in [3.05, 3.63) is 243 Å². The summed E-state index contributed by atoms with van der Waals surface area (Å²) < 4.78 is 4.81. The quantitative estimate of drug-likeness (QED) is 0.160. The van der Waals surface area contributed by atoms with Crippen molar-refractivity contribution in [3.8, 4) is 67.5 Å². The van der Waals surface area contributed by atoms with Crippen LogP contribution in [0.3, 0.4) is 0 Å². The van der Waals surface area contributed by atoms with Gasteiger partial charge in [0.2, 0.25) is 0 Å². The maximum atomic E-state index is 5.06. The smallest absolute Gasteiger partial charge is 0.160 e. The first-order valence-electron chi connectivity index (χ1n) is 22.5. The standard InChI is InChI=1S/C62H40N4/c1-3-15-44(16-4-1)55-40-56(45-17-5-2-6-18-45)64-62(63-55)46-28-26-41(27-29-46)47-32-36-60-53(38-47)51-21-9-11-23-58(51)65(60)49-34-30-42(31-35-49)48-33-37-61-54(39-48)52-22-10-12-24-59(52)66(61)57-25-13-19-43-14-7-8-20-50(43)57/h1-40H.